The Kier molecular flexibility index (Phi) is 4.30. The van der Waals surface area contributed by atoms with E-state index in [9.17, 15) is 9.59 Å². The number of furan rings is 1. The fourth-order valence-electron chi connectivity index (χ4n) is 3.84. The third kappa shape index (κ3) is 3.25. The quantitative estimate of drug-likeness (QED) is 0.452. The Balaban J connectivity index is 1.77. The van der Waals surface area contributed by atoms with E-state index in [1.165, 1.54) is 7.11 Å². The van der Waals surface area contributed by atoms with Crippen LogP contribution in [0.4, 0.5) is 0 Å². The molecule has 0 saturated carbocycles. The summed E-state index contributed by atoms with van der Waals surface area (Å²) in [5.41, 5.74) is 2.87. The van der Waals surface area contributed by atoms with Gasteiger partial charge in [0.1, 0.15) is 29.3 Å². The lowest BCUT2D eigenvalue weighted by atomic mass is 9.89. The molecule has 4 atom stereocenters. The molecule has 0 amide bonds. The van der Waals surface area contributed by atoms with E-state index in [4.69, 9.17) is 18.6 Å². The number of esters is 2. The van der Waals surface area contributed by atoms with Crippen molar-refractivity contribution in [2.24, 2.45) is 5.92 Å². The average molecular weight is 370 g/mol. The summed E-state index contributed by atoms with van der Waals surface area (Å²) in [5, 5.41) is 0. The van der Waals surface area contributed by atoms with E-state index in [0.29, 0.717) is 35.5 Å². The number of carbonyl (C=O) groups excluding carboxylic acids is 2. The van der Waals surface area contributed by atoms with Crippen LogP contribution in [-0.4, -0.2) is 37.4 Å². The second-order valence-corrected chi connectivity index (χ2v) is 7.42. The maximum Gasteiger partial charge on any atom is 0.341 e. The number of carbonyl (C=O) groups is 2. The third-order valence-corrected chi connectivity index (χ3v) is 5.27. The van der Waals surface area contributed by atoms with E-state index < -0.39 is 5.97 Å². The van der Waals surface area contributed by atoms with Crippen molar-refractivity contribution in [2.45, 2.75) is 45.0 Å². The molecule has 4 bridgehead atoms. The normalized spacial score (nSPS) is 29.2. The van der Waals surface area contributed by atoms with Gasteiger partial charge in [-0.3, -0.25) is 0 Å². The minimum absolute atomic E-state index is 0.0871. The molecule has 0 aromatic carbocycles. The number of fused-ring (bicyclic) bond motifs is 5. The van der Waals surface area contributed by atoms with Crippen molar-refractivity contribution in [3.05, 3.63) is 52.5 Å². The molecule has 1 aromatic rings. The van der Waals surface area contributed by atoms with Gasteiger partial charge in [0, 0.05) is 18.8 Å². The summed E-state index contributed by atoms with van der Waals surface area (Å²) in [6.07, 6.45) is 3.93. The highest BCUT2D eigenvalue weighted by molar-refractivity contribution is 5.93. The molecule has 0 spiro atoms. The highest BCUT2D eigenvalue weighted by Gasteiger charge is 2.51. The monoisotopic (exact) mass is 370 g/mol. The number of epoxide rings is 1. The van der Waals surface area contributed by atoms with Crippen LogP contribution in [0.25, 0.3) is 6.08 Å². The van der Waals surface area contributed by atoms with Crippen LogP contribution in [-0.2, 0) is 25.4 Å². The Morgan fingerprint density at radius 3 is 2.81 bits per heavy atom. The van der Waals surface area contributed by atoms with Crippen molar-refractivity contribution in [3.8, 4) is 0 Å². The van der Waals surface area contributed by atoms with Crippen LogP contribution >= 0.6 is 0 Å². The fourth-order valence-corrected chi connectivity index (χ4v) is 3.84. The van der Waals surface area contributed by atoms with Crippen molar-refractivity contribution in [2.75, 3.05) is 7.11 Å². The van der Waals surface area contributed by atoms with Crippen LogP contribution < -0.4 is 0 Å². The van der Waals surface area contributed by atoms with Gasteiger partial charge in [-0.1, -0.05) is 17.7 Å². The molecule has 3 aliphatic heterocycles. The van der Waals surface area contributed by atoms with Crippen molar-refractivity contribution >= 4 is 18.0 Å². The molecule has 1 aromatic heterocycles. The van der Waals surface area contributed by atoms with Crippen LogP contribution in [0.5, 0.6) is 0 Å². The topological polar surface area (TPSA) is 78.3 Å². The van der Waals surface area contributed by atoms with Gasteiger partial charge in [0.05, 0.1) is 18.8 Å². The molecular formula is C21H22O6. The van der Waals surface area contributed by atoms with E-state index >= 15 is 0 Å². The van der Waals surface area contributed by atoms with Gasteiger partial charge in [-0.15, -0.1) is 0 Å². The lowest BCUT2D eigenvalue weighted by Gasteiger charge is -2.14. The molecule has 1 saturated heterocycles. The Hall–Kier alpha value is -2.60. The number of rotatable bonds is 2. The maximum absolute atomic E-state index is 12.2. The van der Waals surface area contributed by atoms with Crippen LogP contribution in [0.3, 0.4) is 0 Å². The minimum atomic E-state index is -0.437. The van der Waals surface area contributed by atoms with Crippen LogP contribution in [0.1, 0.15) is 42.1 Å². The van der Waals surface area contributed by atoms with Crippen molar-refractivity contribution in [1.82, 2.24) is 0 Å². The molecule has 4 heterocycles. The first-order chi connectivity index (χ1) is 12.9. The molecule has 4 rings (SSSR count). The molecule has 6 nitrogen and oxygen atoms in total. The second-order valence-electron chi connectivity index (χ2n) is 7.42. The Bertz CT molecular complexity index is 886. The average Bonchev–Trinajstić information content (AvgIpc) is 3.15. The van der Waals surface area contributed by atoms with Crippen molar-refractivity contribution in [1.29, 1.82) is 0 Å². The van der Waals surface area contributed by atoms with Gasteiger partial charge in [0.15, 0.2) is 0 Å². The standard InChI is InChI=1S/C21H22O6/c1-10(2)14-9-17-15(20(22)24-4)7-12(25-17)5-11(3)6-13-8-16(21(23)26-13)19-18(14)27-19/h5,7-8,13-14,18-19H,1,6,9H2,2-4H3. The maximum atomic E-state index is 12.2. The SMILES string of the molecule is C=C(C)C1Cc2oc(cc2C(=O)OC)C=C(C)CC2C=C(C(=O)O2)C2OC12. The molecule has 0 aliphatic carbocycles. The first-order valence-electron chi connectivity index (χ1n) is 8.99. The highest BCUT2D eigenvalue weighted by atomic mass is 16.6. The molecule has 6 heteroatoms. The summed E-state index contributed by atoms with van der Waals surface area (Å²) in [6, 6.07) is 1.69. The van der Waals surface area contributed by atoms with E-state index in [-0.39, 0.29) is 30.2 Å². The predicted octanol–water partition coefficient (Wildman–Crippen LogP) is 3.23. The van der Waals surface area contributed by atoms with Gasteiger partial charge in [0.25, 0.3) is 0 Å². The van der Waals surface area contributed by atoms with Crippen LogP contribution in [0, 0.1) is 5.92 Å². The molecule has 1 fully saturated rings. The largest absolute Gasteiger partial charge is 0.465 e. The molecule has 27 heavy (non-hydrogen) atoms. The number of ether oxygens (including phenoxy) is 3. The summed E-state index contributed by atoms with van der Waals surface area (Å²) < 4.78 is 22.2. The first-order valence-corrected chi connectivity index (χ1v) is 8.99. The summed E-state index contributed by atoms with van der Waals surface area (Å²) in [6.45, 7) is 7.92. The fraction of sp³-hybridized carbons (Fsp3) is 0.429. The van der Waals surface area contributed by atoms with E-state index in [0.717, 1.165) is 11.1 Å². The van der Waals surface area contributed by atoms with Crippen molar-refractivity contribution in [3.63, 3.8) is 0 Å². The van der Waals surface area contributed by atoms with Gasteiger partial charge in [-0.2, -0.15) is 0 Å². The van der Waals surface area contributed by atoms with Crippen LogP contribution in [0.15, 0.2) is 39.9 Å². The molecule has 3 aliphatic rings. The number of hydrogen-bond donors (Lipinski definition) is 0. The summed E-state index contributed by atoms with van der Waals surface area (Å²) in [5.74, 6) is 0.281. The zero-order chi connectivity index (χ0) is 19.3. The van der Waals surface area contributed by atoms with E-state index in [2.05, 4.69) is 6.58 Å². The number of methoxy groups -OCH3 is 1. The van der Waals surface area contributed by atoms with Gasteiger partial charge in [-0.25, -0.2) is 9.59 Å². The lowest BCUT2D eigenvalue weighted by Crippen LogP contribution is -2.18. The van der Waals surface area contributed by atoms with E-state index in [1.807, 2.05) is 26.0 Å². The van der Waals surface area contributed by atoms with E-state index in [1.54, 1.807) is 6.07 Å². The Morgan fingerprint density at radius 1 is 1.33 bits per heavy atom. The first kappa shape index (κ1) is 17.8. The zero-order valence-corrected chi connectivity index (χ0v) is 15.6. The summed E-state index contributed by atoms with van der Waals surface area (Å²) >= 11 is 0. The second kappa shape index (κ2) is 6.53. The van der Waals surface area contributed by atoms with Gasteiger partial charge >= 0.3 is 11.9 Å². The molecule has 4 unspecified atom stereocenters. The lowest BCUT2D eigenvalue weighted by molar-refractivity contribution is -0.139. The summed E-state index contributed by atoms with van der Waals surface area (Å²) in [7, 11) is 1.35. The van der Waals surface area contributed by atoms with Crippen LogP contribution in [0.2, 0.25) is 0 Å². The molecule has 0 radical (unpaired) electrons. The molecular weight excluding hydrogens is 348 g/mol. The Labute approximate surface area is 157 Å². The minimum Gasteiger partial charge on any atom is -0.465 e. The van der Waals surface area contributed by atoms with Crippen molar-refractivity contribution < 1.29 is 28.2 Å². The Morgan fingerprint density at radius 2 is 2.11 bits per heavy atom. The van der Waals surface area contributed by atoms with Gasteiger partial charge in [0.2, 0.25) is 0 Å². The zero-order valence-electron chi connectivity index (χ0n) is 15.6. The molecule has 0 N–H and O–H groups in total. The predicted molar refractivity (Wildman–Crippen MR) is 96.9 cm³/mol. The van der Waals surface area contributed by atoms with Gasteiger partial charge < -0.3 is 18.6 Å². The third-order valence-electron chi connectivity index (χ3n) is 5.27. The smallest absolute Gasteiger partial charge is 0.341 e. The number of hydrogen-bond acceptors (Lipinski definition) is 6. The molecule has 142 valence electrons. The summed E-state index contributed by atoms with van der Waals surface area (Å²) in [4.78, 5) is 24.4. The van der Waals surface area contributed by atoms with Gasteiger partial charge in [-0.05, 0) is 32.1 Å². The highest BCUT2D eigenvalue weighted by Crippen LogP contribution is 2.42.